The van der Waals surface area contributed by atoms with Gasteiger partial charge in [0.15, 0.2) is 0 Å². The number of nitrogens with zero attached hydrogens (tertiary/aromatic N) is 2. The molecule has 0 saturated heterocycles. The number of aromatic nitrogens is 2. The van der Waals surface area contributed by atoms with Crippen LogP contribution in [0.1, 0.15) is 11.7 Å². The highest BCUT2D eigenvalue weighted by Crippen LogP contribution is 2.31. The molecule has 104 valence electrons. The predicted octanol–water partition coefficient (Wildman–Crippen LogP) is 4.53. The van der Waals surface area contributed by atoms with Gasteiger partial charge in [-0.25, -0.2) is 4.98 Å². The molecule has 2 aromatic carbocycles. The number of hydrogen-bond acceptors (Lipinski definition) is 2. The van der Waals surface area contributed by atoms with Crippen LogP contribution >= 0.6 is 11.6 Å². The Balaban J connectivity index is 2.06. The lowest BCUT2D eigenvalue weighted by Gasteiger charge is -2.08. The van der Waals surface area contributed by atoms with Crippen LogP contribution in [-0.4, -0.2) is 15.5 Å². The first-order valence-electron chi connectivity index (χ1n) is 6.56. The van der Waals surface area contributed by atoms with E-state index in [4.69, 9.17) is 11.6 Å². The van der Waals surface area contributed by atoms with E-state index < -0.39 is 0 Å². The Hall–Kier alpha value is -2.39. The first-order valence-corrected chi connectivity index (χ1v) is 6.94. The maximum Gasteiger partial charge on any atom is 0.229 e. The lowest BCUT2D eigenvalue weighted by Crippen LogP contribution is -2.06. The Kier molecular flexibility index (Phi) is 3.59. The molecule has 0 amide bonds. The van der Waals surface area contributed by atoms with Crippen LogP contribution in [0.25, 0.3) is 22.5 Å². The van der Waals surface area contributed by atoms with Crippen LogP contribution in [0.4, 0.5) is 0 Å². The van der Waals surface area contributed by atoms with Crippen LogP contribution in [-0.2, 0) is 0 Å². The van der Waals surface area contributed by atoms with Gasteiger partial charge in [0.05, 0.1) is 0 Å². The number of imidazole rings is 1. The number of benzene rings is 2. The summed E-state index contributed by atoms with van der Waals surface area (Å²) < 4.78 is 1.51. The maximum atomic E-state index is 11.6. The molecule has 3 rings (SSSR count). The highest BCUT2D eigenvalue weighted by atomic mass is 35.5. The minimum atomic E-state index is -0.0780. The first kappa shape index (κ1) is 13.6. The molecule has 0 aliphatic heterocycles. The molecule has 0 saturated carbocycles. The summed E-state index contributed by atoms with van der Waals surface area (Å²) in [5.74, 6) is 0.523. The van der Waals surface area contributed by atoms with Crippen molar-refractivity contribution in [2.24, 2.45) is 0 Å². The van der Waals surface area contributed by atoms with E-state index in [1.807, 2.05) is 48.5 Å². The van der Waals surface area contributed by atoms with E-state index in [0.717, 1.165) is 16.7 Å². The van der Waals surface area contributed by atoms with Gasteiger partial charge in [-0.3, -0.25) is 9.36 Å². The van der Waals surface area contributed by atoms with Crippen LogP contribution < -0.4 is 0 Å². The third kappa shape index (κ3) is 2.60. The fourth-order valence-electron chi connectivity index (χ4n) is 2.28. The summed E-state index contributed by atoms with van der Waals surface area (Å²) in [6, 6.07) is 15.7. The normalized spacial score (nSPS) is 10.6. The Morgan fingerprint density at radius 2 is 1.86 bits per heavy atom. The third-order valence-corrected chi connectivity index (χ3v) is 3.60. The van der Waals surface area contributed by atoms with Gasteiger partial charge in [0.1, 0.15) is 5.82 Å². The van der Waals surface area contributed by atoms with Crippen LogP contribution in [0.3, 0.4) is 0 Å². The molecule has 4 heteroatoms. The van der Waals surface area contributed by atoms with Gasteiger partial charge in [-0.2, -0.15) is 0 Å². The summed E-state index contributed by atoms with van der Waals surface area (Å²) in [6.45, 7) is 1.51. The van der Waals surface area contributed by atoms with Crippen molar-refractivity contribution in [1.29, 1.82) is 0 Å². The van der Waals surface area contributed by atoms with E-state index >= 15 is 0 Å². The van der Waals surface area contributed by atoms with Gasteiger partial charge in [-0.1, -0.05) is 54.1 Å². The average Bonchev–Trinajstić information content (AvgIpc) is 2.97. The van der Waals surface area contributed by atoms with E-state index in [2.05, 4.69) is 4.98 Å². The average molecular weight is 297 g/mol. The number of carbonyl (C=O) groups is 1. The molecule has 0 unspecified atom stereocenters. The van der Waals surface area contributed by atoms with E-state index in [0.29, 0.717) is 10.8 Å². The summed E-state index contributed by atoms with van der Waals surface area (Å²) in [7, 11) is 0. The maximum absolute atomic E-state index is 11.6. The zero-order valence-electron chi connectivity index (χ0n) is 11.5. The molecular weight excluding hydrogens is 284 g/mol. The number of rotatable bonds is 2. The molecule has 0 fully saturated rings. The summed E-state index contributed by atoms with van der Waals surface area (Å²) in [5.41, 5.74) is 2.84. The lowest BCUT2D eigenvalue weighted by molar-refractivity contribution is 0.0938. The number of halogens is 1. The van der Waals surface area contributed by atoms with Gasteiger partial charge in [-0.05, 0) is 11.6 Å². The molecule has 1 heterocycles. The van der Waals surface area contributed by atoms with Crippen LogP contribution in [0.15, 0.2) is 60.9 Å². The zero-order chi connectivity index (χ0) is 14.8. The minimum Gasteiger partial charge on any atom is -0.274 e. The fourth-order valence-corrected chi connectivity index (χ4v) is 2.57. The second-order valence-electron chi connectivity index (χ2n) is 4.70. The highest BCUT2D eigenvalue weighted by Gasteiger charge is 2.11. The fraction of sp³-hybridized carbons (Fsp3) is 0.0588. The van der Waals surface area contributed by atoms with Gasteiger partial charge in [-0.15, -0.1) is 0 Å². The first-order chi connectivity index (χ1) is 10.2. The Morgan fingerprint density at radius 3 is 2.52 bits per heavy atom. The standard InChI is InChI=1S/C17H13ClN2O/c1-12(21)20-10-9-19-17(20)14-7-8-15(16(18)11-14)13-5-3-2-4-6-13/h2-11H,1H3. The number of hydrogen-bond donors (Lipinski definition) is 0. The molecule has 3 aromatic rings. The molecule has 0 aliphatic carbocycles. The van der Waals surface area contributed by atoms with Crippen molar-refractivity contribution >= 4 is 17.5 Å². The second kappa shape index (κ2) is 5.54. The van der Waals surface area contributed by atoms with Crippen molar-refractivity contribution in [2.45, 2.75) is 6.92 Å². The van der Waals surface area contributed by atoms with Gasteiger partial charge in [0, 0.05) is 35.5 Å². The summed E-state index contributed by atoms with van der Waals surface area (Å²) >= 11 is 6.39. The smallest absolute Gasteiger partial charge is 0.229 e. The molecule has 0 atom stereocenters. The zero-order valence-corrected chi connectivity index (χ0v) is 12.2. The Morgan fingerprint density at radius 1 is 1.10 bits per heavy atom. The monoisotopic (exact) mass is 296 g/mol. The third-order valence-electron chi connectivity index (χ3n) is 3.29. The van der Waals surface area contributed by atoms with Crippen LogP contribution in [0.2, 0.25) is 5.02 Å². The molecule has 21 heavy (non-hydrogen) atoms. The van der Waals surface area contributed by atoms with Crippen molar-refractivity contribution in [1.82, 2.24) is 9.55 Å². The second-order valence-corrected chi connectivity index (χ2v) is 5.11. The molecule has 0 aliphatic rings. The topological polar surface area (TPSA) is 34.9 Å². The molecule has 3 nitrogen and oxygen atoms in total. The van der Waals surface area contributed by atoms with Crippen molar-refractivity contribution in [3.8, 4) is 22.5 Å². The van der Waals surface area contributed by atoms with E-state index in [9.17, 15) is 4.79 Å². The molecule has 0 spiro atoms. The summed E-state index contributed by atoms with van der Waals surface area (Å²) in [4.78, 5) is 15.8. The van der Waals surface area contributed by atoms with Crippen molar-refractivity contribution in [2.75, 3.05) is 0 Å². The Labute approximate surface area is 127 Å². The van der Waals surface area contributed by atoms with E-state index in [-0.39, 0.29) is 5.91 Å². The SMILES string of the molecule is CC(=O)n1ccnc1-c1ccc(-c2ccccc2)c(Cl)c1. The van der Waals surface area contributed by atoms with E-state index in [1.54, 1.807) is 12.4 Å². The van der Waals surface area contributed by atoms with Crippen LogP contribution in [0.5, 0.6) is 0 Å². The summed E-state index contributed by atoms with van der Waals surface area (Å²) in [5, 5.41) is 0.636. The van der Waals surface area contributed by atoms with Crippen molar-refractivity contribution in [3.63, 3.8) is 0 Å². The quantitative estimate of drug-likeness (QED) is 0.696. The largest absolute Gasteiger partial charge is 0.274 e. The van der Waals surface area contributed by atoms with Gasteiger partial charge >= 0.3 is 0 Å². The minimum absolute atomic E-state index is 0.0780. The van der Waals surface area contributed by atoms with Gasteiger partial charge in [0.25, 0.3) is 0 Å². The highest BCUT2D eigenvalue weighted by molar-refractivity contribution is 6.33. The lowest BCUT2D eigenvalue weighted by atomic mass is 10.0. The van der Waals surface area contributed by atoms with Crippen molar-refractivity contribution < 1.29 is 4.79 Å². The summed E-state index contributed by atoms with van der Waals surface area (Å²) in [6.07, 6.45) is 3.26. The molecule has 0 bridgehead atoms. The van der Waals surface area contributed by atoms with E-state index in [1.165, 1.54) is 11.5 Å². The predicted molar refractivity (Wildman–Crippen MR) is 84.4 cm³/mol. The van der Waals surface area contributed by atoms with Gasteiger partial charge < -0.3 is 0 Å². The molecule has 0 N–H and O–H groups in total. The number of carbonyl (C=O) groups excluding carboxylic acids is 1. The molecular formula is C17H13ClN2O. The molecule has 0 radical (unpaired) electrons. The van der Waals surface area contributed by atoms with Gasteiger partial charge in [0.2, 0.25) is 5.91 Å². The van der Waals surface area contributed by atoms with Crippen LogP contribution in [0, 0.1) is 0 Å². The molecule has 1 aromatic heterocycles. The van der Waals surface area contributed by atoms with Crippen molar-refractivity contribution in [3.05, 3.63) is 65.9 Å². The Bertz CT molecular complexity index is 794.